The maximum absolute atomic E-state index is 12.6. The zero-order chi connectivity index (χ0) is 22.1. The first kappa shape index (κ1) is 23.4. The number of amides is 3. The Kier molecular flexibility index (Phi) is 8.89. The van der Waals surface area contributed by atoms with Gasteiger partial charge in [0.15, 0.2) is 11.5 Å². The van der Waals surface area contributed by atoms with Crippen LogP contribution in [0.5, 0.6) is 17.2 Å². The zero-order valence-electron chi connectivity index (χ0n) is 16.7. The Balaban J connectivity index is 2.06. The number of imide groups is 1. The molecule has 0 atom stereocenters. The Morgan fingerprint density at radius 1 is 1.23 bits per heavy atom. The van der Waals surface area contributed by atoms with Gasteiger partial charge in [0.25, 0.3) is 11.1 Å². The molecular weight excluding hydrogens is 430 g/mol. The van der Waals surface area contributed by atoms with Crippen molar-refractivity contribution < 1.29 is 28.6 Å². The number of hydrogen-bond acceptors (Lipinski definition) is 9. The number of nitrogens with zero attached hydrogens (tertiary/aromatic N) is 2. The minimum absolute atomic E-state index is 0.0614. The Bertz CT molecular complexity index is 872. The van der Waals surface area contributed by atoms with Crippen LogP contribution < -0.4 is 19.5 Å². The molecule has 0 bridgehead atoms. The first-order valence-electron chi connectivity index (χ1n) is 8.71. The SMILES string of the molecule is COc1cc(/C=C2\SC(=O)N(CCNC(=O)CSCC#N)C2=O)cc(OC)c1OC. The summed E-state index contributed by atoms with van der Waals surface area (Å²) in [6, 6.07) is 5.28. The second-order valence-electron chi connectivity index (χ2n) is 5.79. The molecule has 1 aliphatic heterocycles. The van der Waals surface area contributed by atoms with Crippen LogP contribution in [0.4, 0.5) is 4.79 Å². The lowest BCUT2D eigenvalue weighted by atomic mass is 10.1. The monoisotopic (exact) mass is 451 g/mol. The van der Waals surface area contributed by atoms with Gasteiger partial charge in [-0.05, 0) is 35.5 Å². The van der Waals surface area contributed by atoms with E-state index in [1.54, 1.807) is 18.2 Å². The van der Waals surface area contributed by atoms with Crippen molar-refractivity contribution in [3.8, 4) is 23.3 Å². The van der Waals surface area contributed by atoms with Crippen molar-refractivity contribution in [1.82, 2.24) is 10.2 Å². The molecule has 1 saturated heterocycles. The fraction of sp³-hybridized carbons (Fsp3) is 0.368. The van der Waals surface area contributed by atoms with Gasteiger partial charge < -0.3 is 19.5 Å². The second-order valence-corrected chi connectivity index (χ2v) is 7.77. The van der Waals surface area contributed by atoms with Gasteiger partial charge in [0.05, 0.1) is 43.8 Å². The molecule has 0 saturated carbocycles. The predicted molar refractivity (Wildman–Crippen MR) is 115 cm³/mol. The minimum atomic E-state index is -0.438. The Hall–Kier alpha value is -2.84. The smallest absolute Gasteiger partial charge is 0.293 e. The number of carbonyl (C=O) groups is 3. The molecule has 2 rings (SSSR count). The van der Waals surface area contributed by atoms with Crippen molar-refractivity contribution in [2.45, 2.75) is 0 Å². The van der Waals surface area contributed by atoms with Crippen LogP contribution in [0.3, 0.4) is 0 Å². The molecule has 1 N–H and O–H groups in total. The lowest BCUT2D eigenvalue weighted by Gasteiger charge is -2.13. The highest BCUT2D eigenvalue weighted by molar-refractivity contribution is 8.18. The predicted octanol–water partition coefficient (Wildman–Crippen LogP) is 2.12. The minimum Gasteiger partial charge on any atom is -0.493 e. The third kappa shape index (κ3) is 5.84. The number of methoxy groups -OCH3 is 3. The van der Waals surface area contributed by atoms with E-state index >= 15 is 0 Å². The van der Waals surface area contributed by atoms with Crippen molar-refractivity contribution in [3.05, 3.63) is 22.6 Å². The highest BCUT2D eigenvalue weighted by Crippen LogP contribution is 2.40. The molecule has 0 radical (unpaired) electrons. The summed E-state index contributed by atoms with van der Waals surface area (Å²) >= 11 is 2.01. The largest absolute Gasteiger partial charge is 0.493 e. The first-order chi connectivity index (χ1) is 14.4. The van der Waals surface area contributed by atoms with Crippen molar-refractivity contribution in [2.24, 2.45) is 0 Å². The molecule has 0 unspecified atom stereocenters. The van der Waals surface area contributed by atoms with Crippen LogP contribution >= 0.6 is 23.5 Å². The summed E-state index contributed by atoms with van der Waals surface area (Å²) in [4.78, 5) is 37.8. The van der Waals surface area contributed by atoms with Crippen LogP contribution in [-0.4, -0.2) is 67.9 Å². The summed E-state index contributed by atoms with van der Waals surface area (Å²) in [7, 11) is 4.47. The number of hydrogen-bond donors (Lipinski definition) is 1. The number of ether oxygens (including phenoxy) is 3. The van der Waals surface area contributed by atoms with Gasteiger partial charge in [-0.3, -0.25) is 19.3 Å². The van der Waals surface area contributed by atoms with Crippen LogP contribution in [0.15, 0.2) is 17.0 Å². The lowest BCUT2D eigenvalue weighted by Crippen LogP contribution is -2.37. The molecule has 1 fully saturated rings. The van der Waals surface area contributed by atoms with Gasteiger partial charge in [0.2, 0.25) is 11.7 Å². The van der Waals surface area contributed by atoms with Crippen LogP contribution in [0, 0.1) is 11.3 Å². The molecule has 0 spiro atoms. The second kappa shape index (κ2) is 11.4. The third-order valence-corrected chi connectivity index (χ3v) is 5.62. The molecule has 1 aromatic rings. The molecule has 9 nitrogen and oxygen atoms in total. The normalized spacial score (nSPS) is 14.6. The Morgan fingerprint density at radius 3 is 2.47 bits per heavy atom. The van der Waals surface area contributed by atoms with Crippen LogP contribution in [0.2, 0.25) is 0 Å². The van der Waals surface area contributed by atoms with E-state index in [0.29, 0.717) is 22.8 Å². The summed E-state index contributed by atoms with van der Waals surface area (Å²) in [5, 5.41) is 10.7. The van der Waals surface area contributed by atoms with Crippen molar-refractivity contribution in [1.29, 1.82) is 5.26 Å². The van der Waals surface area contributed by atoms with Crippen LogP contribution in [0.25, 0.3) is 6.08 Å². The van der Waals surface area contributed by atoms with Gasteiger partial charge in [-0.2, -0.15) is 5.26 Å². The fourth-order valence-electron chi connectivity index (χ4n) is 2.58. The van der Waals surface area contributed by atoms with Gasteiger partial charge >= 0.3 is 0 Å². The van der Waals surface area contributed by atoms with Crippen molar-refractivity contribution >= 4 is 46.7 Å². The molecule has 0 aliphatic carbocycles. The standard InChI is InChI=1S/C19H21N3O6S2/c1-26-13-8-12(9-14(27-2)17(13)28-3)10-15-18(24)22(19(25)30-15)6-5-21-16(23)11-29-7-4-20/h8-10H,5-7,11H2,1-3H3,(H,21,23)/b15-10-. The van der Waals surface area contributed by atoms with E-state index < -0.39 is 11.1 Å². The topological polar surface area (TPSA) is 118 Å². The fourth-order valence-corrected chi connectivity index (χ4v) is 3.92. The van der Waals surface area contributed by atoms with E-state index in [1.807, 2.05) is 6.07 Å². The number of rotatable bonds is 10. The molecule has 0 aromatic heterocycles. The summed E-state index contributed by atoms with van der Waals surface area (Å²) in [5.74, 6) is 0.966. The molecule has 1 aromatic carbocycles. The average molecular weight is 452 g/mol. The van der Waals surface area contributed by atoms with E-state index in [-0.39, 0.29) is 35.4 Å². The van der Waals surface area contributed by atoms with E-state index in [0.717, 1.165) is 16.7 Å². The van der Waals surface area contributed by atoms with Crippen molar-refractivity contribution in [3.63, 3.8) is 0 Å². The van der Waals surface area contributed by atoms with Gasteiger partial charge in [0, 0.05) is 13.1 Å². The molecule has 1 aliphatic rings. The van der Waals surface area contributed by atoms with Crippen LogP contribution in [-0.2, 0) is 9.59 Å². The highest BCUT2D eigenvalue weighted by atomic mass is 32.2. The highest BCUT2D eigenvalue weighted by Gasteiger charge is 2.34. The van der Waals surface area contributed by atoms with E-state index in [1.165, 1.54) is 33.1 Å². The summed E-state index contributed by atoms with van der Waals surface area (Å²) in [6.07, 6.45) is 1.58. The number of benzene rings is 1. The van der Waals surface area contributed by atoms with Gasteiger partial charge in [-0.25, -0.2) is 0 Å². The maximum Gasteiger partial charge on any atom is 0.293 e. The Labute approximate surface area is 182 Å². The maximum atomic E-state index is 12.6. The molecule has 11 heteroatoms. The molecule has 160 valence electrons. The van der Waals surface area contributed by atoms with E-state index in [2.05, 4.69) is 5.32 Å². The van der Waals surface area contributed by atoms with Gasteiger partial charge in [-0.1, -0.05) is 0 Å². The number of nitriles is 1. The van der Waals surface area contributed by atoms with Crippen LogP contribution in [0.1, 0.15) is 5.56 Å². The summed E-state index contributed by atoms with van der Waals surface area (Å²) in [5.41, 5.74) is 0.609. The first-order valence-corrected chi connectivity index (χ1v) is 10.7. The summed E-state index contributed by atoms with van der Waals surface area (Å²) < 4.78 is 15.9. The zero-order valence-corrected chi connectivity index (χ0v) is 18.4. The third-order valence-electron chi connectivity index (χ3n) is 3.92. The van der Waals surface area contributed by atoms with Crippen molar-refractivity contribution in [2.75, 3.05) is 45.9 Å². The molecule has 30 heavy (non-hydrogen) atoms. The average Bonchev–Trinajstić information content (AvgIpc) is 3.00. The molecule has 3 amide bonds. The summed E-state index contributed by atoms with van der Waals surface area (Å²) in [6.45, 7) is 0.202. The molecule has 1 heterocycles. The lowest BCUT2D eigenvalue weighted by molar-refractivity contribution is -0.123. The van der Waals surface area contributed by atoms with E-state index in [9.17, 15) is 14.4 Å². The van der Waals surface area contributed by atoms with Gasteiger partial charge in [0.1, 0.15) is 0 Å². The van der Waals surface area contributed by atoms with Gasteiger partial charge in [-0.15, -0.1) is 11.8 Å². The number of thioether (sulfide) groups is 2. The quantitative estimate of drug-likeness (QED) is 0.421. The number of nitrogens with one attached hydrogen (secondary N) is 1. The van der Waals surface area contributed by atoms with E-state index in [4.69, 9.17) is 19.5 Å². The molecular formula is C19H21N3O6S2. The Morgan fingerprint density at radius 2 is 1.90 bits per heavy atom. The number of carbonyl (C=O) groups excluding carboxylic acids is 3.